The maximum absolute atomic E-state index is 9.26. The number of aliphatic hydroxyl groups is 1. The molecule has 0 radical (unpaired) electrons. The van der Waals surface area contributed by atoms with Crippen molar-refractivity contribution < 1.29 is 9.84 Å². The van der Waals surface area contributed by atoms with Crippen LogP contribution < -0.4 is 0 Å². The van der Waals surface area contributed by atoms with Gasteiger partial charge in [-0.05, 0) is 44.4 Å². The minimum Gasteiger partial charge on any atom is -0.393 e. The molecule has 0 saturated heterocycles. The van der Waals surface area contributed by atoms with Crippen molar-refractivity contribution in [3.63, 3.8) is 0 Å². The molecule has 0 aromatic rings. The second kappa shape index (κ2) is 5.71. The monoisotopic (exact) mass is 244 g/mol. The number of ether oxygens (including phenoxy) is 1. The number of rotatable bonds is 6. The van der Waals surface area contributed by atoms with Gasteiger partial charge in [0, 0.05) is 6.61 Å². The average molecular weight is 244 g/mol. The lowest BCUT2D eigenvalue weighted by molar-refractivity contribution is -0.115. The third-order valence-corrected chi connectivity index (χ3v) is 3.60. The Morgan fingerprint density at radius 3 is 1.82 bits per heavy atom. The van der Waals surface area contributed by atoms with E-state index in [1.54, 1.807) is 6.92 Å². The highest BCUT2D eigenvalue weighted by Gasteiger charge is 2.40. The SMILES string of the molecule is CC(O)CCOC(C)(C)C(C)(C)CC(C)(C)C. The number of hydrogen-bond acceptors (Lipinski definition) is 2. The first kappa shape index (κ1) is 16.9. The summed E-state index contributed by atoms with van der Waals surface area (Å²) in [6.07, 6.45) is 1.54. The Kier molecular flexibility index (Phi) is 5.68. The Morgan fingerprint density at radius 1 is 1.00 bits per heavy atom. The van der Waals surface area contributed by atoms with Gasteiger partial charge >= 0.3 is 0 Å². The molecule has 104 valence electrons. The van der Waals surface area contributed by atoms with Crippen molar-refractivity contribution in [1.82, 2.24) is 0 Å². The lowest BCUT2D eigenvalue weighted by Crippen LogP contribution is -2.44. The predicted molar refractivity (Wildman–Crippen MR) is 74.2 cm³/mol. The van der Waals surface area contributed by atoms with Crippen molar-refractivity contribution in [2.45, 2.75) is 79.9 Å². The molecule has 0 bridgehead atoms. The van der Waals surface area contributed by atoms with Crippen molar-refractivity contribution in [3.8, 4) is 0 Å². The fourth-order valence-electron chi connectivity index (χ4n) is 2.22. The molecule has 1 unspecified atom stereocenters. The van der Waals surface area contributed by atoms with E-state index in [1.165, 1.54) is 0 Å². The Hall–Kier alpha value is -0.0800. The van der Waals surface area contributed by atoms with E-state index in [1.807, 2.05) is 0 Å². The van der Waals surface area contributed by atoms with Crippen molar-refractivity contribution >= 4 is 0 Å². The highest BCUT2D eigenvalue weighted by Crippen LogP contribution is 2.43. The summed E-state index contributed by atoms with van der Waals surface area (Å²) in [5.41, 5.74) is 0.244. The minimum atomic E-state index is -0.281. The summed E-state index contributed by atoms with van der Waals surface area (Å²) in [6, 6.07) is 0. The summed E-state index contributed by atoms with van der Waals surface area (Å²) in [6.45, 7) is 18.1. The van der Waals surface area contributed by atoms with E-state index in [2.05, 4.69) is 48.5 Å². The third-order valence-electron chi connectivity index (χ3n) is 3.60. The highest BCUT2D eigenvalue weighted by atomic mass is 16.5. The van der Waals surface area contributed by atoms with Gasteiger partial charge in [-0.15, -0.1) is 0 Å². The van der Waals surface area contributed by atoms with Crippen LogP contribution in [-0.4, -0.2) is 23.4 Å². The standard InChI is InChI=1S/C15H32O2/c1-12(16)9-10-17-15(7,8)14(5,6)11-13(2,3)4/h12,16H,9-11H2,1-8H3. The third kappa shape index (κ3) is 6.42. The zero-order valence-corrected chi connectivity index (χ0v) is 13.1. The van der Waals surface area contributed by atoms with Gasteiger partial charge in [-0.3, -0.25) is 0 Å². The van der Waals surface area contributed by atoms with Gasteiger partial charge in [-0.1, -0.05) is 34.6 Å². The average Bonchev–Trinajstić information content (AvgIpc) is 1.97. The number of hydrogen-bond donors (Lipinski definition) is 1. The predicted octanol–water partition coefficient (Wildman–Crippen LogP) is 4.01. The fourth-order valence-corrected chi connectivity index (χ4v) is 2.22. The lowest BCUT2D eigenvalue weighted by atomic mass is 9.67. The Labute approximate surface area is 108 Å². The van der Waals surface area contributed by atoms with Crippen molar-refractivity contribution in [3.05, 3.63) is 0 Å². The minimum absolute atomic E-state index is 0.115. The molecule has 0 aromatic carbocycles. The van der Waals surface area contributed by atoms with Gasteiger partial charge in [0.05, 0.1) is 11.7 Å². The van der Waals surface area contributed by atoms with Gasteiger partial charge in [0.1, 0.15) is 0 Å². The molecule has 0 saturated carbocycles. The first-order valence-electron chi connectivity index (χ1n) is 6.69. The first-order chi connectivity index (χ1) is 7.37. The fraction of sp³-hybridized carbons (Fsp3) is 1.00. The van der Waals surface area contributed by atoms with Gasteiger partial charge < -0.3 is 9.84 Å². The van der Waals surface area contributed by atoms with E-state index in [4.69, 9.17) is 4.74 Å². The molecule has 0 aliphatic heterocycles. The molecule has 0 aliphatic carbocycles. The molecule has 1 N–H and O–H groups in total. The quantitative estimate of drug-likeness (QED) is 0.765. The summed E-state index contributed by atoms with van der Waals surface area (Å²) < 4.78 is 5.99. The Balaban J connectivity index is 4.45. The molecular weight excluding hydrogens is 212 g/mol. The van der Waals surface area contributed by atoms with E-state index >= 15 is 0 Å². The molecule has 0 spiro atoms. The van der Waals surface area contributed by atoms with Crippen molar-refractivity contribution in [2.75, 3.05) is 6.61 Å². The zero-order chi connectivity index (χ0) is 13.9. The first-order valence-corrected chi connectivity index (χ1v) is 6.69. The Bertz CT molecular complexity index is 222. The lowest BCUT2D eigenvalue weighted by Gasteiger charge is -2.45. The second-order valence-electron chi connectivity index (χ2n) is 7.62. The summed E-state index contributed by atoms with van der Waals surface area (Å²) in [5.74, 6) is 0. The van der Waals surface area contributed by atoms with Crippen LogP contribution in [0.15, 0.2) is 0 Å². The normalized spacial score (nSPS) is 16.1. The van der Waals surface area contributed by atoms with Crippen LogP contribution in [-0.2, 0) is 4.74 Å². The van der Waals surface area contributed by atoms with Crippen molar-refractivity contribution in [2.24, 2.45) is 10.8 Å². The van der Waals surface area contributed by atoms with Crippen LogP contribution in [0.4, 0.5) is 0 Å². The van der Waals surface area contributed by atoms with Crippen LogP contribution in [0.3, 0.4) is 0 Å². The van der Waals surface area contributed by atoms with Gasteiger partial charge in [-0.25, -0.2) is 0 Å². The van der Waals surface area contributed by atoms with E-state index in [0.717, 1.165) is 6.42 Å². The number of aliphatic hydroxyl groups excluding tert-OH is 1. The van der Waals surface area contributed by atoms with Crippen LogP contribution in [0, 0.1) is 10.8 Å². The van der Waals surface area contributed by atoms with E-state index < -0.39 is 0 Å². The second-order valence-corrected chi connectivity index (χ2v) is 7.62. The molecule has 1 atom stereocenters. The molecule has 0 heterocycles. The molecule has 0 fully saturated rings. The van der Waals surface area contributed by atoms with Crippen LogP contribution in [0.1, 0.15) is 68.2 Å². The summed E-state index contributed by atoms with van der Waals surface area (Å²) >= 11 is 0. The van der Waals surface area contributed by atoms with Gasteiger partial charge in [0.15, 0.2) is 0 Å². The molecule has 2 nitrogen and oxygen atoms in total. The van der Waals surface area contributed by atoms with E-state index in [9.17, 15) is 5.11 Å². The van der Waals surface area contributed by atoms with Gasteiger partial charge in [0.2, 0.25) is 0 Å². The Morgan fingerprint density at radius 2 is 1.47 bits per heavy atom. The van der Waals surface area contributed by atoms with E-state index in [-0.39, 0.29) is 17.1 Å². The molecule has 0 aromatic heterocycles. The van der Waals surface area contributed by atoms with Crippen LogP contribution >= 0.6 is 0 Å². The molecular formula is C15H32O2. The smallest absolute Gasteiger partial charge is 0.0677 e. The topological polar surface area (TPSA) is 29.5 Å². The van der Waals surface area contributed by atoms with Crippen LogP contribution in [0.5, 0.6) is 0 Å². The maximum atomic E-state index is 9.26. The van der Waals surface area contributed by atoms with Gasteiger partial charge in [-0.2, -0.15) is 0 Å². The summed E-state index contributed by atoms with van der Waals surface area (Å²) in [7, 11) is 0. The molecule has 0 amide bonds. The highest BCUT2D eigenvalue weighted by molar-refractivity contribution is 4.90. The van der Waals surface area contributed by atoms with Gasteiger partial charge in [0.25, 0.3) is 0 Å². The molecule has 2 heteroatoms. The summed E-state index contributed by atoms with van der Waals surface area (Å²) in [4.78, 5) is 0. The van der Waals surface area contributed by atoms with E-state index in [0.29, 0.717) is 18.4 Å². The molecule has 17 heavy (non-hydrogen) atoms. The van der Waals surface area contributed by atoms with Crippen LogP contribution in [0.25, 0.3) is 0 Å². The molecule has 0 aliphatic rings. The summed E-state index contributed by atoms with van der Waals surface area (Å²) in [5, 5.41) is 9.26. The zero-order valence-electron chi connectivity index (χ0n) is 13.1. The maximum Gasteiger partial charge on any atom is 0.0677 e. The largest absolute Gasteiger partial charge is 0.393 e. The molecule has 0 rings (SSSR count). The van der Waals surface area contributed by atoms with Crippen LogP contribution in [0.2, 0.25) is 0 Å². The van der Waals surface area contributed by atoms with Crippen molar-refractivity contribution in [1.29, 1.82) is 0 Å².